The first-order valence-corrected chi connectivity index (χ1v) is 6.95. The zero-order valence-electron chi connectivity index (χ0n) is 10.6. The van der Waals surface area contributed by atoms with Crippen LogP contribution in [0.15, 0.2) is 18.2 Å². The topological polar surface area (TPSA) is 35.5 Å². The van der Waals surface area contributed by atoms with E-state index in [0.29, 0.717) is 16.8 Å². The maximum Gasteiger partial charge on any atom is 0.121 e. The number of phenolic OH excluding ortho intramolecular Hbond substituents is 1. The zero-order valence-corrected chi connectivity index (χ0v) is 11.3. The number of phenols is 1. The number of rotatable bonds is 2. The predicted octanol–water partition coefficient (Wildman–Crippen LogP) is 2.09. The standard InChI is InChI=1S/C14H19ClN2O/c1-9-11-7-17(6-10(11)5-16-9)8-12-13(15)3-2-4-14(12)18/h2-4,9-11,16,18H,5-8H2,1H3/t9-,10-,11-/m0/s1. The van der Waals surface area contributed by atoms with Gasteiger partial charge in [-0.3, -0.25) is 4.90 Å². The molecule has 0 bridgehead atoms. The number of halogens is 1. The SMILES string of the molecule is C[C@@H]1NC[C@H]2CN(Cc3c(O)cccc3Cl)C[C@H]21. The van der Waals surface area contributed by atoms with Gasteiger partial charge in [-0.05, 0) is 37.4 Å². The number of likely N-dealkylation sites (tertiary alicyclic amines) is 1. The van der Waals surface area contributed by atoms with Crippen LogP contribution in [0.25, 0.3) is 0 Å². The minimum atomic E-state index is 0.311. The van der Waals surface area contributed by atoms with E-state index in [2.05, 4.69) is 17.1 Å². The molecule has 3 atom stereocenters. The second-order valence-electron chi connectivity index (χ2n) is 5.55. The molecule has 1 aromatic rings. The first kappa shape index (κ1) is 12.3. The van der Waals surface area contributed by atoms with Crippen LogP contribution in [0.1, 0.15) is 12.5 Å². The highest BCUT2D eigenvalue weighted by Gasteiger charge is 2.40. The maximum absolute atomic E-state index is 9.88. The van der Waals surface area contributed by atoms with Crippen LogP contribution in [-0.2, 0) is 6.54 Å². The Morgan fingerprint density at radius 1 is 1.44 bits per heavy atom. The van der Waals surface area contributed by atoms with Crippen molar-refractivity contribution in [1.82, 2.24) is 10.2 Å². The van der Waals surface area contributed by atoms with E-state index in [1.165, 1.54) is 0 Å². The Balaban J connectivity index is 1.72. The summed E-state index contributed by atoms with van der Waals surface area (Å²) in [4.78, 5) is 2.41. The van der Waals surface area contributed by atoms with Gasteiger partial charge in [0, 0.05) is 36.3 Å². The number of nitrogens with one attached hydrogen (secondary N) is 1. The van der Waals surface area contributed by atoms with Crippen molar-refractivity contribution in [3.05, 3.63) is 28.8 Å². The summed E-state index contributed by atoms with van der Waals surface area (Å²) in [5.74, 6) is 1.81. The summed E-state index contributed by atoms with van der Waals surface area (Å²) in [6, 6.07) is 5.95. The Hall–Kier alpha value is -0.770. The molecule has 2 heterocycles. The molecule has 0 amide bonds. The predicted molar refractivity (Wildman–Crippen MR) is 72.8 cm³/mol. The van der Waals surface area contributed by atoms with Gasteiger partial charge in [-0.15, -0.1) is 0 Å². The number of nitrogens with zero attached hydrogens (tertiary/aromatic N) is 1. The van der Waals surface area contributed by atoms with Gasteiger partial charge in [-0.1, -0.05) is 17.7 Å². The van der Waals surface area contributed by atoms with Crippen molar-refractivity contribution in [3.8, 4) is 5.75 Å². The van der Waals surface area contributed by atoms with Crippen molar-refractivity contribution < 1.29 is 5.11 Å². The molecule has 3 nitrogen and oxygen atoms in total. The molecule has 2 fully saturated rings. The van der Waals surface area contributed by atoms with E-state index in [1.54, 1.807) is 12.1 Å². The molecular weight excluding hydrogens is 248 g/mol. The van der Waals surface area contributed by atoms with Gasteiger partial charge in [0.25, 0.3) is 0 Å². The third kappa shape index (κ3) is 2.11. The van der Waals surface area contributed by atoms with Gasteiger partial charge < -0.3 is 10.4 Å². The summed E-state index contributed by atoms with van der Waals surface area (Å²) in [5.41, 5.74) is 0.861. The normalized spacial score (nSPS) is 31.8. The van der Waals surface area contributed by atoms with Gasteiger partial charge in [-0.2, -0.15) is 0 Å². The van der Waals surface area contributed by atoms with E-state index in [4.69, 9.17) is 11.6 Å². The van der Waals surface area contributed by atoms with Crippen LogP contribution >= 0.6 is 11.6 Å². The third-order valence-electron chi connectivity index (χ3n) is 4.39. The second-order valence-corrected chi connectivity index (χ2v) is 5.96. The van der Waals surface area contributed by atoms with E-state index >= 15 is 0 Å². The third-order valence-corrected chi connectivity index (χ3v) is 4.74. The molecule has 0 unspecified atom stereocenters. The minimum absolute atomic E-state index is 0.311. The van der Waals surface area contributed by atoms with Crippen LogP contribution in [0.3, 0.4) is 0 Å². The Bertz CT molecular complexity index is 431. The van der Waals surface area contributed by atoms with Gasteiger partial charge in [-0.25, -0.2) is 0 Å². The molecule has 2 saturated heterocycles. The fourth-order valence-electron chi connectivity index (χ4n) is 3.32. The lowest BCUT2D eigenvalue weighted by molar-refractivity contribution is 0.292. The van der Waals surface area contributed by atoms with Crippen molar-refractivity contribution in [1.29, 1.82) is 0 Å². The van der Waals surface area contributed by atoms with Crippen molar-refractivity contribution in [2.45, 2.75) is 19.5 Å². The summed E-state index contributed by atoms with van der Waals surface area (Å²) < 4.78 is 0. The molecule has 0 saturated carbocycles. The first-order valence-electron chi connectivity index (χ1n) is 6.57. The molecule has 4 heteroatoms. The van der Waals surface area contributed by atoms with Crippen LogP contribution < -0.4 is 5.32 Å². The Morgan fingerprint density at radius 3 is 3.00 bits per heavy atom. The second kappa shape index (κ2) is 4.72. The largest absolute Gasteiger partial charge is 0.508 e. The summed E-state index contributed by atoms with van der Waals surface area (Å²) in [7, 11) is 0. The number of benzene rings is 1. The van der Waals surface area contributed by atoms with Crippen LogP contribution in [0.4, 0.5) is 0 Å². The zero-order chi connectivity index (χ0) is 12.7. The van der Waals surface area contributed by atoms with Crippen molar-refractivity contribution in [2.24, 2.45) is 11.8 Å². The quantitative estimate of drug-likeness (QED) is 0.860. The number of fused-ring (bicyclic) bond motifs is 1. The van der Waals surface area contributed by atoms with E-state index in [1.807, 2.05) is 6.07 Å². The molecule has 3 rings (SSSR count). The number of hydrogen-bond acceptors (Lipinski definition) is 3. The lowest BCUT2D eigenvalue weighted by Crippen LogP contribution is -2.30. The first-order chi connectivity index (χ1) is 8.65. The van der Waals surface area contributed by atoms with Gasteiger partial charge in [0.05, 0.1) is 0 Å². The molecule has 0 spiro atoms. The van der Waals surface area contributed by atoms with Gasteiger partial charge in [0.15, 0.2) is 0 Å². The smallest absolute Gasteiger partial charge is 0.121 e. The van der Waals surface area contributed by atoms with Crippen LogP contribution in [-0.4, -0.2) is 35.7 Å². The molecule has 0 aromatic heterocycles. The van der Waals surface area contributed by atoms with E-state index in [0.717, 1.165) is 43.6 Å². The van der Waals surface area contributed by atoms with Crippen LogP contribution in [0, 0.1) is 11.8 Å². The average Bonchev–Trinajstić information content (AvgIpc) is 2.87. The fraction of sp³-hybridized carbons (Fsp3) is 0.571. The summed E-state index contributed by atoms with van der Waals surface area (Å²) in [6.07, 6.45) is 0. The van der Waals surface area contributed by atoms with Crippen molar-refractivity contribution in [3.63, 3.8) is 0 Å². The van der Waals surface area contributed by atoms with E-state index < -0.39 is 0 Å². The highest BCUT2D eigenvalue weighted by atomic mass is 35.5. The molecule has 1 aromatic carbocycles. The summed E-state index contributed by atoms with van der Waals surface area (Å²) in [5, 5.41) is 14.1. The summed E-state index contributed by atoms with van der Waals surface area (Å²) >= 11 is 6.16. The van der Waals surface area contributed by atoms with Crippen LogP contribution in [0.5, 0.6) is 5.75 Å². The highest BCUT2D eigenvalue weighted by molar-refractivity contribution is 6.31. The maximum atomic E-state index is 9.88. The van der Waals surface area contributed by atoms with Gasteiger partial charge >= 0.3 is 0 Å². The molecule has 18 heavy (non-hydrogen) atoms. The average molecular weight is 267 g/mol. The summed E-state index contributed by atoms with van der Waals surface area (Å²) in [6.45, 7) is 6.35. The fourth-order valence-corrected chi connectivity index (χ4v) is 3.55. The lowest BCUT2D eigenvalue weighted by atomic mass is 9.95. The molecule has 0 aliphatic carbocycles. The van der Waals surface area contributed by atoms with Crippen LogP contribution in [0.2, 0.25) is 5.02 Å². The van der Waals surface area contributed by atoms with E-state index in [-0.39, 0.29) is 0 Å². The monoisotopic (exact) mass is 266 g/mol. The Labute approximate surface area is 113 Å². The Morgan fingerprint density at radius 2 is 2.28 bits per heavy atom. The van der Waals surface area contributed by atoms with Crippen molar-refractivity contribution in [2.75, 3.05) is 19.6 Å². The molecule has 0 radical (unpaired) electrons. The molecule has 2 aliphatic heterocycles. The molecule has 2 aliphatic rings. The van der Waals surface area contributed by atoms with Crippen molar-refractivity contribution >= 4 is 11.6 Å². The molecule has 98 valence electrons. The van der Waals surface area contributed by atoms with Gasteiger partial charge in [0.2, 0.25) is 0 Å². The minimum Gasteiger partial charge on any atom is -0.508 e. The lowest BCUT2D eigenvalue weighted by Gasteiger charge is -2.20. The number of hydrogen-bond donors (Lipinski definition) is 2. The molecular formula is C14H19ClN2O. The Kier molecular flexibility index (Phi) is 3.22. The number of aromatic hydroxyl groups is 1. The van der Waals surface area contributed by atoms with E-state index in [9.17, 15) is 5.11 Å². The van der Waals surface area contributed by atoms with Gasteiger partial charge in [0.1, 0.15) is 5.75 Å². The highest BCUT2D eigenvalue weighted by Crippen LogP contribution is 2.34. The molecule has 2 N–H and O–H groups in total.